The normalized spacial score (nSPS) is 19.0. The minimum Gasteiger partial charge on any atom is -0.368 e. The Balaban J connectivity index is 1.89. The van der Waals surface area contributed by atoms with Crippen molar-refractivity contribution < 1.29 is 62.2 Å². The molecule has 0 radical (unpaired) electrons. The fourth-order valence-electron chi connectivity index (χ4n) is 10.7. The molecule has 3 saturated carbocycles. The van der Waals surface area contributed by atoms with Crippen LogP contribution in [0.3, 0.4) is 0 Å². The molecule has 7 amide bonds. The van der Waals surface area contributed by atoms with Crippen LogP contribution in [-0.2, 0) is 33.6 Å². The third-order valence-electron chi connectivity index (χ3n) is 15.1. The number of hydrogen-bond acceptors (Lipinski definition) is 7. The van der Waals surface area contributed by atoms with Crippen molar-refractivity contribution in [2.24, 2.45) is 23.5 Å². The SMILES string of the molecule is NC(=O)[C@H](CCCC[NH3+])NC(=O)[C@H](CC1CCCCC1)NC(=O)C(CCCC[NH3+])NC(=O)[C@H](CC1CCCCC1)NC(=O)[C@H](CCCC[NH3+])NC(=O)[C@H](CC1CCCCC1)NC(=O)[C@@H]([NH3+])CCCC[NH3+]. The highest BCUT2D eigenvalue weighted by molar-refractivity contribution is 5.97. The lowest BCUT2D eigenvalue weighted by atomic mass is 9.84. The van der Waals surface area contributed by atoms with Gasteiger partial charge in [-0.25, -0.2) is 0 Å². The number of nitrogens with one attached hydrogen (secondary N) is 6. The number of rotatable bonds is 35. The number of nitrogens with two attached hydrogens (primary N) is 1. The van der Waals surface area contributed by atoms with E-state index in [-0.39, 0.29) is 30.1 Å². The lowest BCUT2D eigenvalue weighted by Gasteiger charge is -2.31. The number of amides is 7. The highest BCUT2D eigenvalue weighted by Gasteiger charge is 2.36. The molecule has 0 aromatic rings. The largest absolute Gasteiger partial charge is 0.368 e. The van der Waals surface area contributed by atoms with Crippen LogP contribution < -0.4 is 66.3 Å². The Kier molecular flexibility index (Phi) is 30.4. The Hall–Kier alpha value is -3.91. The number of quaternary nitrogens is 5. The van der Waals surface area contributed by atoms with Crippen LogP contribution in [0.15, 0.2) is 0 Å². The number of hydrogen-bond donors (Lipinski definition) is 12. The van der Waals surface area contributed by atoms with Gasteiger partial charge < -0.3 is 66.3 Å². The zero-order chi connectivity index (χ0) is 51.1. The van der Waals surface area contributed by atoms with Gasteiger partial charge in [-0.3, -0.25) is 33.6 Å². The fourth-order valence-corrected chi connectivity index (χ4v) is 10.7. The molecule has 0 saturated heterocycles. The van der Waals surface area contributed by atoms with Crippen LogP contribution in [0.2, 0.25) is 0 Å². The first kappa shape index (κ1) is 60.4. The molecule has 0 aromatic carbocycles. The Morgan fingerprint density at radius 2 is 0.614 bits per heavy atom. The summed E-state index contributed by atoms with van der Waals surface area (Å²) in [6.07, 6.45) is 23.7. The lowest BCUT2D eigenvalue weighted by Crippen LogP contribution is -2.69. The highest BCUT2D eigenvalue weighted by Crippen LogP contribution is 2.30. The molecule has 70 heavy (non-hydrogen) atoms. The Morgan fingerprint density at radius 1 is 0.357 bits per heavy atom. The van der Waals surface area contributed by atoms with Crippen molar-refractivity contribution in [2.75, 3.05) is 26.2 Å². The van der Waals surface area contributed by atoms with E-state index in [9.17, 15) is 33.6 Å². The van der Waals surface area contributed by atoms with Crippen LogP contribution in [0.4, 0.5) is 0 Å². The van der Waals surface area contributed by atoms with E-state index in [1.54, 1.807) is 0 Å². The number of carbonyl (C=O) groups is 7. The maximum Gasteiger partial charge on any atom is 0.278 e. The predicted molar refractivity (Wildman–Crippen MR) is 267 cm³/mol. The van der Waals surface area contributed by atoms with Crippen molar-refractivity contribution >= 4 is 41.4 Å². The van der Waals surface area contributed by atoms with Gasteiger partial charge >= 0.3 is 0 Å². The number of carbonyl (C=O) groups excluding carboxylic acids is 7. The monoisotopic (exact) mass is 994 g/mol. The topological polar surface area (TPSA) is 356 Å². The third kappa shape index (κ3) is 23.5. The summed E-state index contributed by atoms with van der Waals surface area (Å²) in [4.78, 5) is 98.0. The van der Waals surface area contributed by atoms with Gasteiger partial charge in [-0.15, -0.1) is 0 Å². The Labute approximate surface area is 418 Å². The zero-order valence-electron chi connectivity index (χ0n) is 43.3. The Morgan fingerprint density at radius 3 is 0.929 bits per heavy atom. The summed E-state index contributed by atoms with van der Waals surface area (Å²) in [7, 11) is 0. The molecule has 19 nitrogen and oxygen atoms in total. The van der Waals surface area contributed by atoms with E-state index < -0.39 is 77.7 Å². The van der Waals surface area contributed by atoms with E-state index in [4.69, 9.17) is 5.73 Å². The van der Waals surface area contributed by atoms with Gasteiger partial charge in [0.2, 0.25) is 35.4 Å². The van der Waals surface area contributed by atoms with E-state index in [2.05, 4.69) is 60.6 Å². The van der Waals surface area contributed by atoms with Gasteiger partial charge in [-0.2, -0.15) is 0 Å². The molecule has 0 spiro atoms. The second kappa shape index (κ2) is 35.2. The smallest absolute Gasteiger partial charge is 0.278 e. The predicted octanol–water partition coefficient (Wildman–Crippen LogP) is -1.45. The average Bonchev–Trinajstić information content (AvgIpc) is 3.35. The van der Waals surface area contributed by atoms with Crippen molar-refractivity contribution in [1.29, 1.82) is 0 Å². The maximum absolute atomic E-state index is 14.7. The molecule has 7 atom stereocenters. The summed E-state index contributed by atoms with van der Waals surface area (Å²) >= 11 is 0. The van der Waals surface area contributed by atoms with Gasteiger partial charge in [0.05, 0.1) is 26.2 Å². The fraction of sp³-hybridized carbons (Fsp3) is 0.863. The van der Waals surface area contributed by atoms with E-state index in [1.165, 1.54) is 0 Å². The van der Waals surface area contributed by atoms with Crippen molar-refractivity contribution in [1.82, 2.24) is 31.9 Å². The first-order chi connectivity index (χ1) is 33.8. The lowest BCUT2D eigenvalue weighted by molar-refractivity contribution is -0.406. The second-order valence-electron chi connectivity index (χ2n) is 21.1. The van der Waals surface area contributed by atoms with Crippen LogP contribution in [0.5, 0.6) is 0 Å². The summed E-state index contributed by atoms with van der Waals surface area (Å²) < 4.78 is 0. The summed E-state index contributed by atoms with van der Waals surface area (Å²) in [6.45, 7) is 2.75. The molecule has 3 aliphatic carbocycles. The van der Waals surface area contributed by atoms with E-state index in [0.29, 0.717) is 83.8 Å². The molecule has 0 heterocycles. The standard InChI is InChI=1S/C51H96N12O7/c52-28-14-10-24-38(56)46(65)61-42(32-35-18-4-1-5-19-35)50(69)59-40(26-12-16-30-54)48(67)63-44(34-37-22-8-3-9-23-37)51(70)60-41(27-13-17-31-55)47(66)62-43(33-36-20-6-2-7-21-36)49(68)58-39(45(57)64)25-11-15-29-53/h35-44H,1-34,52-56H2,(H2,57,64)(H,58,68)(H,59,69)(H,60,70)(H,61,65)(H,62,66)(H,63,67)/p+5/t38-,39-,40-,41?,42-,43-,44-/m0/s1. The van der Waals surface area contributed by atoms with Crippen LogP contribution in [0, 0.1) is 17.8 Å². The average molecular weight is 994 g/mol. The van der Waals surface area contributed by atoms with Crippen molar-refractivity contribution in [3.05, 3.63) is 0 Å². The van der Waals surface area contributed by atoms with Gasteiger partial charge in [0.25, 0.3) is 5.91 Å². The zero-order valence-corrected chi connectivity index (χ0v) is 43.3. The van der Waals surface area contributed by atoms with Gasteiger partial charge in [0, 0.05) is 6.42 Å². The van der Waals surface area contributed by atoms with Crippen LogP contribution >= 0.6 is 0 Å². The first-order valence-corrected chi connectivity index (χ1v) is 27.9. The maximum atomic E-state index is 14.7. The number of primary amides is 1. The van der Waals surface area contributed by atoms with Crippen molar-refractivity contribution in [2.45, 2.75) is 235 Å². The molecule has 3 aliphatic rings. The minimum absolute atomic E-state index is 0.164. The molecule has 3 fully saturated rings. The van der Waals surface area contributed by atoms with Crippen LogP contribution in [0.25, 0.3) is 0 Å². The van der Waals surface area contributed by atoms with E-state index in [0.717, 1.165) is 129 Å². The Bertz CT molecular complexity index is 1560. The van der Waals surface area contributed by atoms with E-state index >= 15 is 0 Å². The van der Waals surface area contributed by atoms with Crippen LogP contribution in [-0.4, -0.2) is 110 Å². The molecule has 0 aliphatic heterocycles. The van der Waals surface area contributed by atoms with Crippen molar-refractivity contribution in [3.8, 4) is 0 Å². The summed E-state index contributed by atoms with van der Waals surface area (Å²) in [5.41, 5.74) is 25.5. The quantitative estimate of drug-likeness (QED) is 0.0335. The summed E-state index contributed by atoms with van der Waals surface area (Å²) in [6, 6.07) is -6.25. The molecule has 402 valence electrons. The molecule has 3 rings (SSSR count). The van der Waals surface area contributed by atoms with Gasteiger partial charge in [-0.1, -0.05) is 96.3 Å². The molecular formula is C51H101N12O7+5. The molecule has 23 N–H and O–H groups in total. The van der Waals surface area contributed by atoms with Gasteiger partial charge in [0.1, 0.15) is 36.3 Å². The van der Waals surface area contributed by atoms with E-state index in [1.807, 2.05) is 0 Å². The second-order valence-corrected chi connectivity index (χ2v) is 21.1. The summed E-state index contributed by atoms with van der Waals surface area (Å²) in [5.74, 6) is -2.73. The molecular weight excluding hydrogens is 893 g/mol. The number of unbranched alkanes of at least 4 members (excludes halogenated alkanes) is 4. The molecule has 0 aromatic heterocycles. The van der Waals surface area contributed by atoms with Gasteiger partial charge in [-0.05, 0) is 108 Å². The molecule has 0 bridgehead atoms. The molecule has 19 heteroatoms. The van der Waals surface area contributed by atoms with Crippen molar-refractivity contribution in [3.63, 3.8) is 0 Å². The minimum atomic E-state index is -1.03. The first-order valence-electron chi connectivity index (χ1n) is 27.9. The third-order valence-corrected chi connectivity index (χ3v) is 15.1. The molecule has 1 unspecified atom stereocenters. The summed E-state index contributed by atoms with van der Waals surface area (Å²) in [5, 5.41) is 17.9. The highest BCUT2D eigenvalue weighted by atomic mass is 16.2. The van der Waals surface area contributed by atoms with Gasteiger partial charge in [0.15, 0.2) is 6.04 Å². The van der Waals surface area contributed by atoms with Crippen LogP contribution in [0.1, 0.15) is 193 Å².